The van der Waals surface area contributed by atoms with E-state index in [4.69, 9.17) is 11.7 Å². The summed E-state index contributed by atoms with van der Waals surface area (Å²) in [4.78, 5) is 0. The first kappa shape index (κ1) is 12.0. The molecule has 2 heteroatoms. The minimum absolute atomic E-state index is 0.0151. The van der Waals surface area contributed by atoms with Crippen LogP contribution in [0.4, 0.5) is 5.69 Å². The molecule has 0 saturated heterocycles. The third-order valence-electron chi connectivity index (χ3n) is 2.98. The van der Waals surface area contributed by atoms with E-state index >= 15 is 0 Å². The van der Waals surface area contributed by atoms with Crippen molar-refractivity contribution in [3.05, 3.63) is 42.0 Å². The van der Waals surface area contributed by atoms with Gasteiger partial charge in [-0.05, 0) is 18.6 Å². The van der Waals surface area contributed by atoms with E-state index < -0.39 is 0 Å². The van der Waals surface area contributed by atoms with Crippen LogP contribution in [-0.4, -0.2) is 6.04 Å². The first-order chi connectivity index (χ1) is 8.80. The van der Waals surface area contributed by atoms with Crippen LogP contribution in [0.1, 0.15) is 18.9 Å². The Bertz CT molecular complexity index is 644. The summed E-state index contributed by atoms with van der Waals surface area (Å²) < 4.78 is 0. The topological polar surface area (TPSA) is 35.8 Å². The number of hydrogen-bond acceptors (Lipinski definition) is 2. The first-order valence-corrected chi connectivity index (χ1v) is 5.94. The summed E-state index contributed by atoms with van der Waals surface area (Å²) in [5, 5.41) is 14.4. The van der Waals surface area contributed by atoms with Crippen LogP contribution in [0.25, 0.3) is 10.8 Å². The molecule has 2 aromatic rings. The van der Waals surface area contributed by atoms with Gasteiger partial charge in [-0.25, -0.2) is 0 Å². The highest BCUT2D eigenvalue weighted by Gasteiger charge is 2.07. The number of fused-ring (bicyclic) bond motifs is 1. The maximum absolute atomic E-state index is 9.10. The zero-order chi connectivity index (χ0) is 13.0. The molecular formula is C16H14N2. The Hall–Kier alpha value is -2.45. The molecule has 1 N–H and O–H groups in total. The standard InChI is InChI=1S/C16H14N2/c1-3-13(4-2)18-16-10-9-12(11-17)14-7-5-6-8-15(14)16/h1,5-10,13,18H,4H2,2H3. The summed E-state index contributed by atoms with van der Waals surface area (Å²) in [6, 6.07) is 13.8. The van der Waals surface area contributed by atoms with Gasteiger partial charge >= 0.3 is 0 Å². The van der Waals surface area contributed by atoms with Crippen LogP contribution >= 0.6 is 0 Å². The lowest BCUT2D eigenvalue weighted by molar-refractivity contribution is 0.859. The van der Waals surface area contributed by atoms with Gasteiger partial charge in [0, 0.05) is 16.5 Å². The lowest BCUT2D eigenvalue weighted by Crippen LogP contribution is -2.15. The van der Waals surface area contributed by atoms with E-state index in [1.807, 2.05) is 43.3 Å². The largest absolute Gasteiger partial charge is 0.371 e. The Labute approximate surface area is 107 Å². The molecule has 1 unspecified atom stereocenters. The molecule has 0 aliphatic carbocycles. The van der Waals surface area contributed by atoms with E-state index in [-0.39, 0.29) is 6.04 Å². The van der Waals surface area contributed by atoms with Crippen LogP contribution in [0.5, 0.6) is 0 Å². The van der Waals surface area contributed by atoms with Gasteiger partial charge in [-0.15, -0.1) is 6.42 Å². The lowest BCUT2D eigenvalue weighted by Gasteiger charge is -2.15. The number of hydrogen-bond donors (Lipinski definition) is 1. The molecule has 0 amide bonds. The lowest BCUT2D eigenvalue weighted by atomic mass is 10.0. The Kier molecular flexibility index (Phi) is 3.51. The number of nitrogens with one attached hydrogen (secondary N) is 1. The number of benzene rings is 2. The average molecular weight is 234 g/mol. The number of nitrogens with zero attached hydrogens (tertiary/aromatic N) is 1. The van der Waals surface area contributed by atoms with Gasteiger partial charge < -0.3 is 5.32 Å². The monoisotopic (exact) mass is 234 g/mol. The molecule has 0 heterocycles. The second-order valence-electron chi connectivity index (χ2n) is 4.09. The summed E-state index contributed by atoms with van der Waals surface area (Å²) in [5.74, 6) is 2.72. The second-order valence-corrected chi connectivity index (χ2v) is 4.09. The van der Waals surface area contributed by atoms with E-state index in [0.29, 0.717) is 5.56 Å². The molecule has 0 saturated carbocycles. The minimum atomic E-state index is 0.0151. The predicted molar refractivity (Wildman–Crippen MR) is 75.2 cm³/mol. The van der Waals surface area contributed by atoms with E-state index in [2.05, 4.69) is 17.3 Å². The summed E-state index contributed by atoms with van der Waals surface area (Å²) in [6.45, 7) is 2.05. The van der Waals surface area contributed by atoms with E-state index in [1.54, 1.807) is 0 Å². The van der Waals surface area contributed by atoms with Gasteiger partial charge in [-0.1, -0.05) is 37.1 Å². The molecule has 0 aliphatic heterocycles. The van der Waals surface area contributed by atoms with Gasteiger partial charge in [-0.2, -0.15) is 5.26 Å². The van der Waals surface area contributed by atoms with Gasteiger partial charge in [0.05, 0.1) is 17.7 Å². The summed E-state index contributed by atoms with van der Waals surface area (Å²) >= 11 is 0. The number of nitriles is 1. The molecule has 18 heavy (non-hydrogen) atoms. The maximum atomic E-state index is 9.10. The zero-order valence-electron chi connectivity index (χ0n) is 10.3. The molecule has 0 spiro atoms. The van der Waals surface area contributed by atoms with Crippen LogP contribution in [-0.2, 0) is 0 Å². The molecule has 0 aromatic heterocycles. The van der Waals surface area contributed by atoms with Crippen LogP contribution in [0.3, 0.4) is 0 Å². The van der Waals surface area contributed by atoms with Gasteiger partial charge in [0.1, 0.15) is 0 Å². The third-order valence-corrected chi connectivity index (χ3v) is 2.98. The molecule has 0 aliphatic rings. The minimum Gasteiger partial charge on any atom is -0.371 e. The van der Waals surface area contributed by atoms with Crippen LogP contribution in [0, 0.1) is 23.7 Å². The average Bonchev–Trinajstić information content (AvgIpc) is 2.44. The van der Waals surface area contributed by atoms with Gasteiger partial charge in [0.25, 0.3) is 0 Å². The van der Waals surface area contributed by atoms with Crippen molar-refractivity contribution in [1.29, 1.82) is 5.26 Å². The molecule has 0 fully saturated rings. The van der Waals surface area contributed by atoms with Crippen LogP contribution in [0.2, 0.25) is 0 Å². The highest BCUT2D eigenvalue weighted by Crippen LogP contribution is 2.26. The molecule has 0 bridgehead atoms. The molecule has 0 radical (unpaired) electrons. The second kappa shape index (κ2) is 5.25. The molecular weight excluding hydrogens is 220 g/mol. The van der Waals surface area contributed by atoms with Crippen molar-refractivity contribution in [3.63, 3.8) is 0 Å². The SMILES string of the molecule is C#CC(CC)Nc1ccc(C#N)c2ccccc12. The van der Waals surface area contributed by atoms with Crippen molar-refractivity contribution in [3.8, 4) is 18.4 Å². The summed E-state index contributed by atoms with van der Waals surface area (Å²) in [5.41, 5.74) is 1.67. The molecule has 2 aromatic carbocycles. The maximum Gasteiger partial charge on any atom is 0.0998 e. The van der Waals surface area contributed by atoms with Crippen molar-refractivity contribution in [1.82, 2.24) is 0 Å². The Morgan fingerprint density at radius 3 is 2.56 bits per heavy atom. The fraction of sp³-hybridized carbons (Fsp3) is 0.188. The van der Waals surface area contributed by atoms with Crippen LogP contribution in [0.15, 0.2) is 36.4 Å². The smallest absolute Gasteiger partial charge is 0.0998 e. The van der Waals surface area contributed by atoms with E-state index in [9.17, 15) is 0 Å². The normalized spacial score (nSPS) is 11.5. The number of terminal acetylenes is 1. The highest BCUT2D eigenvalue weighted by atomic mass is 14.9. The van der Waals surface area contributed by atoms with E-state index in [1.165, 1.54) is 0 Å². The quantitative estimate of drug-likeness (QED) is 0.824. The van der Waals surface area contributed by atoms with E-state index in [0.717, 1.165) is 22.9 Å². The summed E-state index contributed by atoms with van der Waals surface area (Å²) in [6.07, 6.45) is 6.33. The van der Waals surface area contributed by atoms with Crippen molar-refractivity contribution >= 4 is 16.5 Å². The van der Waals surface area contributed by atoms with Crippen molar-refractivity contribution in [2.24, 2.45) is 0 Å². The van der Waals surface area contributed by atoms with Gasteiger partial charge in [-0.3, -0.25) is 0 Å². The first-order valence-electron chi connectivity index (χ1n) is 5.94. The third kappa shape index (κ3) is 2.14. The summed E-state index contributed by atoms with van der Waals surface area (Å²) in [7, 11) is 0. The van der Waals surface area contributed by atoms with Gasteiger partial charge in [0.15, 0.2) is 0 Å². The fourth-order valence-corrected chi connectivity index (χ4v) is 1.97. The zero-order valence-corrected chi connectivity index (χ0v) is 10.3. The number of anilines is 1. The molecule has 88 valence electrons. The van der Waals surface area contributed by atoms with Crippen molar-refractivity contribution < 1.29 is 0 Å². The Balaban J connectivity index is 2.54. The van der Waals surface area contributed by atoms with Crippen molar-refractivity contribution in [2.75, 3.05) is 5.32 Å². The molecule has 2 nitrogen and oxygen atoms in total. The molecule has 1 atom stereocenters. The highest BCUT2D eigenvalue weighted by molar-refractivity contribution is 5.97. The Morgan fingerprint density at radius 2 is 1.94 bits per heavy atom. The fourth-order valence-electron chi connectivity index (χ4n) is 1.97. The number of rotatable bonds is 3. The predicted octanol–water partition coefficient (Wildman–Crippen LogP) is 3.54. The van der Waals surface area contributed by atoms with Crippen LogP contribution < -0.4 is 5.32 Å². The molecule has 2 rings (SSSR count). The van der Waals surface area contributed by atoms with Gasteiger partial charge in [0.2, 0.25) is 0 Å². The van der Waals surface area contributed by atoms with Crippen molar-refractivity contribution in [2.45, 2.75) is 19.4 Å². The Morgan fingerprint density at radius 1 is 1.22 bits per heavy atom.